The van der Waals surface area contributed by atoms with Crippen LogP contribution in [0.25, 0.3) is 0 Å². The lowest BCUT2D eigenvalue weighted by Gasteiger charge is -2.15. The Labute approximate surface area is 177 Å². The molecule has 0 aromatic heterocycles. The molecule has 1 amide bonds. The van der Waals surface area contributed by atoms with Crippen LogP contribution in [0.15, 0.2) is 48.5 Å². The third-order valence-corrected chi connectivity index (χ3v) is 4.81. The van der Waals surface area contributed by atoms with Gasteiger partial charge in [-0.05, 0) is 67.9 Å². The molecule has 1 aliphatic heterocycles. The van der Waals surface area contributed by atoms with Crippen LogP contribution in [0.5, 0.6) is 11.5 Å². The van der Waals surface area contributed by atoms with Gasteiger partial charge in [-0.25, -0.2) is 4.79 Å². The number of alkyl halides is 3. The molecule has 3 rings (SSSR count). The summed E-state index contributed by atoms with van der Waals surface area (Å²) < 4.78 is 46.6. The Morgan fingerprint density at radius 1 is 0.935 bits per heavy atom. The van der Waals surface area contributed by atoms with Crippen LogP contribution in [0.2, 0.25) is 0 Å². The van der Waals surface area contributed by atoms with E-state index >= 15 is 0 Å². The van der Waals surface area contributed by atoms with E-state index in [1.807, 2.05) is 0 Å². The van der Waals surface area contributed by atoms with Gasteiger partial charge in [-0.2, -0.15) is 13.2 Å². The van der Waals surface area contributed by atoms with Gasteiger partial charge in [-0.3, -0.25) is 9.69 Å². The summed E-state index contributed by atoms with van der Waals surface area (Å²) in [5.74, 6) is -2.11. The molecule has 0 unspecified atom stereocenters. The van der Waals surface area contributed by atoms with Gasteiger partial charge >= 0.3 is 12.1 Å². The Balaban J connectivity index is 1.43. The SMILES string of the molecule is O=C(NCc1ccc(OC(=O)C(F)(F)F)cc1)c1ccc(OCCN2CCCC2)cc1. The number of halogens is 3. The van der Waals surface area contributed by atoms with E-state index < -0.39 is 12.1 Å². The third kappa shape index (κ3) is 6.99. The van der Waals surface area contributed by atoms with Crippen LogP contribution in [-0.2, 0) is 11.3 Å². The zero-order valence-corrected chi connectivity index (χ0v) is 16.8. The van der Waals surface area contributed by atoms with Crippen LogP contribution in [0.3, 0.4) is 0 Å². The van der Waals surface area contributed by atoms with E-state index in [1.54, 1.807) is 24.3 Å². The number of rotatable bonds is 8. The highest BCUT2D eigenvalue weighted by Crippen LogP contribution is 2.20. The number of amides is 1. The molecule has 1 aliphatic rings. The smallest absolute Gasteiger partial charge is 0.491 e. The van der Waals surface area contributed by atoms with Gasteiger partial charge in [-0.1, -0.05) is 12.1 Å². The van der Waals surface area contributed by atoms with Crippen molar-refractivity contribution in [3.8, 4) is 11.5 Å². The predicted molar refractivity (Wildman–Crippen MR) is 107 cm³/mol. The van der Waals surface area contributed by atoms with Gasteiger partial charge in [0.15, 0.2) is 0 Å². The summed E-state index contributed by atoms with van der Waals surface area (Å²) >= 11 is 0. The number of carbonyl (C=O) groups is 2. The first-order valence-corrected chi connectivity index (χ1v) is 9.92. The number of nitrogens with one attached hydrogen (secondary N) is 1. The molecule has 1 fully saturated rings. The molecule has 1 heterocycles. The lowest BCUT2D eigenvalue weighted by atomic mass is 10.2. The van der Waals surface area contributed by atoms with Crippen molar-refractivity contribution in [2.75, 3.05) is 26.2 Å². The maximum atomic E-state index is 12.3. The molecule has 2 aromatic carbocycles. The highest BCUT2D eigenvalue weighted by Gasteiger charge is 2.41. The molecule has 0 atom stereocenters. The minimum absolute atomic E-state index is 0.167. The molecule has 0 radical (unpaired) electrons. The molecule has 0 spiro atoms. The van der Waals surface area contributed by atoms with Crippen LogP contribution in [0.1, 0.15) is 28.8 Å². The monoisotopic (exact) mass is 436 g/mol. The van der Waals surface area contributed by atoms with Crippen molar-refractivity contribution < 1.29 is 32.2 Å². The first kappa shape index (κ1) is 22.6. The summed E-state index contributed by atoms with van der Waals surface area (Å²) in [6, 6.07) is 12.2. The average molecular weight is 436 g/mol. The van der Waals surface area contributed by atoms with Crippen LogP contribution < -0.4 is 14.8 Å². The van der Waals surface area contributed by atoms with Crippen molar-refractivity contribution in [1.29, 1.82) is 0 Å². The molecule has 2 aromatic rings. The van der Waals surface area contributed by atoms with Crippen molar-refractivity contribution in [2.45, 2.75) is 25.6 Å². The number of hydrogen-bond donors (Lipinski definition) is 1. The topological polar surface area (TPSA) is 67.9 Å². The summed E-state index contributed by atoms with van der Waals surface area (Å²) in [4.78, 5) is 25.5. The molecule has 0 saturated carbocycles. The molecule has 0 aliphatic carbocycles. The summed E-state index contributed by atoms with van der Waals surface area (Å²) in [6.45, 7) is 3.88. The van der Waals surface area contributed by atoms with Gasteiger partial charge in [-0.15, -0.1) is 0 Å². The van der Waals surface area contributed by atoms with Gasteiger partial charge in [0.1, 0.15) is 18.1 Å². The van der Waals surface area contributed by atoms with E-state index in [9.17, 15) is 22.8 Å². The van der Waals surface area contributed by atoms with Crippen LogP contribution in [0.4, 0.5) is 13.2 Å². The Kier molecular flexibility index (Phi) is 7.51. The molecule has 0 bridgehead atoms. The highest BCUT2D eigenvalue weighted by molar-refractivity contribution is 5.94. The summed E-state index contributed by atoms with van der Waals surface area (Å²) in [5, 5.41) is 2.73. The average Bonchev–Trinajstić information content (AvgIpc) is 3.26. The van der Waals surface area contributed by atoms with E-state index in [4.69, 9.17) is 4.74 Å². The first-order chi connectivity index (χ1) is 14.8. The summed E-state index contributed by atoms with van der Waals surface area (Å²) in [7, 11) is 0. The van der Waals surface area contributed by atoms with E-state index in [0.29, 0.717) is 23.5 Å². The minimum atomic E-state index is -5.05. The number of carbonyl (C=O) groups excluding carboxylic acids is 2. The van der Waals surface area contributed by atoms with Gasteiger partial charge in [0.25, 0.3) is 5.91 Å². The summed E-state index contributed by atoms with van der Waals surface area (Å²) in [5.41, 5.74) is 1.10. The lowest BCUT2D eigenvalue weighted by Crippen LogP contribution is -2.28. The van der Waals surface area contributed by atoms with Crippen molar-refractivity contribution in [1.82, 2.24) is 10.2 Å². The summed E-state index contributed by atoms with van der Waals surface area (Å²) in [6.07, 6.45) is -2.58. The van der Waals surface area contributed by atoms with Crippen LogP contribution in [0, 0.1) is 0 Å². The second-order valence-electron chi connectivity index (χ2n) is 7.14. The fourth-order valence-electron chi connectivity index (χ4n) is 3.13. The van der Waals surface area contributed by atoms with Crippen molar-refractivity contribution in [2.24, 2.45) is 0 Å². The van der Waals surface area contributed by atoms with Crippen LogP contribution in [-0.4, -0.2) is 49.2 Å². The Bertz CT molecular complexity index is 877. The standard InChI is InChI=1S/C22H23F3N2O4/c23-22(24,25)21(29)31-19-7-3-16(4-8-19)15-26-20(28)17-5-9-18(10-6-17)30-14-13-27-11-1-2-12-27/h3-10H,1-2,11-15H2,(H,26,28). The van der Waals surface area contributed by atoms with E-state index in [0.717, 1.165) is 19.6 Å². The molecule has 1 N–H and O–H groups in total. The molecule has 9 heteroatoms. The van der Waals surface area contributed by atoms with Gasteiger partial charge in [0.05, 0.1) is 0 Å². The second kappa shape index (κ2) is 10.3. The highest BCUT2D eigenvalue weighted by atomic mass is 19.4. The maximum Gasteiger partial charge on any atom is 0.491 e. The predicted octanol–water partition coefficient (Wildman–Crippen LogP) is 3.56. The minimum Gasteiger partial charge on any atom is -0.492 e. The number of hydrogen-bond acceptors (Lipinski definition) is 5. The van der Waals surface area contributed by atoms with Gasteiger partial charge < -0.3 is 14.8 Å². The molecular weight excluding hydrogens is 413 g/mol. The number of likely N-dealkylation sites (tertiary alicyclic amines) is 1. The quantitative estimate of drug-likeness (QED) is 0.506. The number of benzene rings is 2. The number of nitrogens with zero attached hydrogens (tertiary/aromatic N) is 1. The van der Waals surface area contributed by atoms with Gasteiger partial charge in [0, 0.05) is 18.7 Å². The van der Waals surface area contributed by atoms with E-state index in [2.05, 4.69) is 15.0 Å². The van der Waals surface area contributed by atoms with Crippen molar-refractivity contribution in [3.63, 3.8) is 0 Å². The molecule has 31 heavy (non-hydrogen) atoms. The molecule has 1 saturated heterocycles. The Morgan fingerprint density at radius 3 is 2.16 bits per heavy atom. The fraction of sp³-hybridized carbons (Fsp3) is 0.364. The van der Waals surface area contributed by atoms with E-state index in [-0.39, 0.29) is 18.2 Å². The Morgan fingerprint density at radius 2 is 1.55 bits per heavy atom. The fourth-order valence-corrected chi connectivity index (χ4v) is 3.13. The largest absolute Gasteiger partial charge is 0.492 e. The molecule has 6 nitrogen and oxygen atoms in total. The molecular formula is C22H23F3N2O4. The zero-order valence-electron chi connectivity index (χ0n) is 16.8. The normalized spacial score (nSPS) is 14.3. The van der Waals surface area contributed by atoms with Crippen molar-refractivity contribution >= 4 is 11.9 Å². The number of ether oxygens (including phenoxy) is 2. The second-order valence-corrected chi connectivity index (χ2v) is 7.14. The van der Waals surface area contributed by atoms with Gasteiger partial charge in [0.2, 0.25) is 0 Å². The van der Waals surface area contributed by atoms with Crippen molar-refractivity contribution in [3.05, 3.63) is 59.7 Å². The van der Waals surface area contributed by atoms with E-state index in [1.165, 1.54) is 37.1 Å². The third-order valence-electron chi connectivity index (χ3n) is 4.81. The zero-order chi connectivity index (χ0) is 22.3. The maximum absolute atomic E-state index is 12.3. The van der Waals surface area contributed by atoms with Crippen LogP contribution >= 0.6 is 0 Å². The molecule has 166 valence electrons. The number of esters is 1. The lowest BCUT2D eigenvalue weighted by molar-refractivity contribution is -0.189. The Hall–Kier alpha value is -3.07. The first-order valence-electron chi connectivity index (χ1n) is 9.92.